The van der Waals surface area contributed by atoms with Crippen LogP contribution in [0.2, 0.25) is 0 Å². The molecule has 0 radical (unpaired) electrons. The first kappa shape index (κ1) is 15.3. The summed E-state index contributed by atoms with van der Waals surface area (Å²) in [5.74, 6) is 1.05. The van der Waals surface area contributed by atoms with Crippen LogP contribution in [0, 0.1) is 6.92 Å². The summed E-state index contributed by atoms with van der Waals surface area (Å²) in [5, 5.41) is 7.98. The van der Waals surface area contributed by atoms with Crippen LogP contribution in [0.1, 0.15) is 15.9 Å². The molecule has 0 aliphatic carbocycles. The zero-order valence-corrected chi connectivity index (χ0v) is 13.5. The molecule has 0 saturated carbocycles. The average Bonchev–Trinajstić information content (AvgIpc) is 3.04. The fourth-order valence-corrected chi connectivity index (χ4v) is 2.57. The van der Waals surface area contributed by atoms with Crippen molar-refractivity contribution in [2.75, 3.05) is 7.11 Å². The molecule has 0 bridgehead atoms. The molecular weight excluding hydrogens is 312 g/mol. The quantitative estimate of drug-likeness (QED) is 0.676. The van der Waals surface area contributed by atoms with E-state index in [0.717, 1.165) is 22.9 Å². The van der Waals surface area contributed by atoms with Crippen LogP contribution < -0.4 is 4.74 Å². The van der Waals surface area contributed by atoms with Crippen LogP contribution in [0.15, 0.2) is 58.2 Å². The van der Waals surface area contributed by atoms with Gasteiger partial charge in [0, 0.05) is 22.9 Å². The van der Waals surface area contributed by atoms with Gasteiger partial charge in [-0.15, -0.1) is 10.2 Å². The van der Waals surface area contributed by atoms with Gasteiger partial charge in [-0.2, -0.15) is 0 Å². The SMILES string of the molecule is COc1cccc(-c2nnc(SC(=O)c3ccc(C)cc3)o2)c1. The van der Waals surface area contributed by atoms with Gasteiger partial charge in [-0.1, -0.05) is 35.9 Å². The second-order valence-corrected chi connectivity index (χ2v) is 5.78. The second-order valence-electron chi connectivity index (χ2n) is 4.86. The van der Waals surface area contributed by atoms with Crippen LogP contribution in [0.5, 0.6) is 5.75 Å². The number of carbonyl (C=O) groups excluding carboxylic acids is 1. The van der Waals surface area contributed by atoms with E-state index in [9.17, 15) is 4.79 Å². The molecule has 0 aliphatic heterocycles. The zero-order chi connectivity index (χ0) is 16.2. The van der Waals surface area contributed by atoms with E-state index < -0.39 is 0 Å². The number of thioether (sulfide) groups is 1. The molecule has 0 atom stereocenters. The number of ether oxygens (including phenoxy) is 1. The third kappa shape index (κ3) is 3.60. The topological polar surface area (TPSA) is 65.2 Å². The number of rotatable bonds is 4. The Hall–Kier alpha value is -2.60. The minimum Gasteiger partial charge on any atom is -0.497 e. The molecule has 0 spiro atoms. The Kier molecular flexibility index (Phi) is 4.43. The monoisotopic (exact) mass is 326 g/mol. The van der Waals surface area contributed by atoms with E-state index in [1.165, 1.54) is 0 Å². The maximum atomic E-state index is 12.2. The van der Waals surface area contributed by atoms with Crippen molar-refractivity contribution in [3.63, 3.8) is 0 Å². The highest BCUT2D eigenvalue weighted by Crippen LogP contribution is 2.27. The maximum absolute atomic E-state index is 12.2. The first-order valence-corrected chi connectivity index (χ1v) is 7.74. The molecule has 3 rings (SSSR count). The standard InChI is InChI=1S/C17H14N2O3S/c1-11-6-8-12(9-7-11)16(20)23-17-19-18-15(22-17)13-4-3-5-14(10-13)21-2/h3-10H,1-2H3. The smallest absolute Gasteiger partial charge is 0.284 e. The van der Waals surface area contributed by atoms with E-state index in [4.69, 9.17) is 9.15 Å². The molecule has 2 aromatic carbocycles. The molecule has 0 saturated heterocycles. The van der Waals surface area contributed by atoms with Crippen molar-refractivity contribution in [2.45, 2.75) is 12.1 Å². The van der Waals surface area contributed by atoms with Gasteiger partial charge in [0.2, 0.25) is 11.0 Å². The van der Waals surface area contributed by atoms with Gasteiger partial charge < -0.3 is 9.15 Å². The Morgan fingerprint density at radius 1 is 1.13 bits per heavy atom. The van der Waals surface area contributed by atoms with Gasteiger partial charge >= 0.3 is 0 Å². The number of carbonyl (C=O) groups is 1. The summed E-state index contributed by atoms with van der Waals surface area (Å²) in [4.78, 5) is 12.2. The van der Waals surface area contributed by atoms with Gasteiger partial charge in [0.1, 0.15) is 5.75 Å². The summed E-state index contributed by atoms with van der Waals surface area (Å²) in [5.41, 5.74) is 2.44. The molecule has 0 N–H and O–H groups in total. The molecule has 0 amide bonds. The van der Waals surface area contributed by atoms with E-state index in [0.29, 0.717) is 17.2 Å². The van der Waals surface area contributed by atoms with Crippen molar-refractivity contribution in [3.8, 4) is 17.2 Å². The van der Waals surface area contributed by atoms with Gasteiger partial charge in [-0.3, -0.25) is 4.79 Å². The highest BCUT2D eigenvalue weighted by Gasteiger charge is 2.15. The van der Waals surface area contributed by atoms with Gasteiger partial charge in [-0.05, 0) is 25.1 Å². The van der Waals surface area contributed by atoms with Crippen molar-refractivity contribution in [3.05, 3.63) is 59.7 Å². The van der Waals surface area contributed by atoms with Crippen molar-refractivity contribution in [2.24, 2.45) is 0 Å². The summed E-state index contributed by atoms with van der Waals surface area (Å²) in [7, 11) is 1.59. The third-order valence-electron chi connectivity index (χ3n) is 3.19. The van der Waals surface area contributed by atoms with E-state index in [-0.39, 0.29) is 10.3 Å². The van der Waals surface area contributed by atoms with Crippen LogP contribution >= 0.6 is 11.8 Å². The molecule has 1 heterocycles. The Bertz CT molecular complexity index is 828. The first-order valence-electron chi connectivity index (χ1n) is 6.92. The lowest BCUT2D eigenvalue weighted by Gasteiger charge is -2.00. The summed E-state index contributed by atoms with van der Waals surface area (Å²) >= 11 is 0.918. The lowest BCUT2D eigenvalue weighted by atomic mass is 10.2. The summed E-state index contributed by atoms with van der Waals surface area (Å²) in [6.07, 6.45) is 0. The van der Waals surface area contributed by atoms with Gasteiger partial charge in [0.15, 0.2) is 0 Å². The lowest BCUT2D eigenvalue weighted by Crippen LogP contribution is -1.92. The molecule has 23 heavy (non-hydrogen) atoms. The maximum Gasteiger partial charge on any atom is 0.284 e. The van der Waals surface area contributed by atoms with Crippen LogP contribution in [-0.2, 0) is 0 Å². The Morgan fingerprint density at radius 3 is 2.65 bits per heavy atom. The highest BCUT2D eigenvalue weighted by atomic mass is 32.2. The molecule has 0 fully saturated rings. The Balaban J connectivity index is 1.76. The van der Waals surface area contributed by atoms with Crippen molar-refractivity contribution >= 4 is 16.9 Å². The van der Waals surface area contributed by atoms with Gasteiger partial charge in [0.05, 0.1) is 7.11 Å². The van der Waals surface area contributed by atoms with Crippen molar-refractivity contribution < 1.29 is 13.9 Å². The molecule has 6 heteroatoms. The average molecular weight is 326 g/mol. The number of nitrogens with zero attached hydrogens (tertiary/aromatic N) is 2. The number of hydrogen-bond donors (Lipinski definition) is 0. The highest BCUT2D eigenvalue weighted by molar-refractivity contribution is 8.14. The number of methoxy groups -OCH3 is 1. The predicted molar refractivity (Wildman–Crippen MR) is 87.7 cm³/mol. The first-order chi connectivity index (χ1) is 11.2. The van der Waals surface area contributed by atoms with Crippen LogP contribution in [0.4, 0.5) is 0 Å². The number of aromatic nitrogens is 2. The van der Waals surface area contributed by atoms with Crippen LogP contribution in [-0.4, -0.2) is 22.4 Å². The third-order valence-corrected chi connectivity index (χ3v) is 3.95. The van der Waals surface area contributed by atoms with Crippen molar-refractivity contribution in [1.29, 1.82) is 0 Å². The molecule has 3 aromatic rings. The number of hydrogen-bond acceptors (Lipinski definition) is 6. The van der Waals surface area contributed by atoms with Crippen molar-refractivity contribution in [1.82, 2.24) is 10.2 Å². The molecule has 5 nitrogen and oxygen atoms in total. The van der Waals surface area contributed by atoms with E-state index >= 15 is 0 Å². The summed E-state index contributed by atoms with van der Waals surface area (Å²) in [6.45, 7) is 1.97. The fraction of sp³-hybridized carbons (Fsp3) is 0.118. The summed E-state index contributed by atoms with van der Waals surface area (Å²) < 4.78 is 10.7. The van der Waals surface area contributed by atoms with E-state index in [1.54, 1.807) is 25.3 Å². The molecule has 116 valence electrons. The van der Waals surface area contributed by atoms with Crippen LogP contribution in [0.25, 0.3) is 11.5 Å². The number of aryl methyl sites for hydroxylation is 1. The Labute approximate surface area is 137 Å². The molecule has 0 unspecified atom stereocenters. The second kappa shape index (κ2) is 6.66. The largest absolute Gasteiger partial charge is 0.497 e. The van der Waals surface area contributed by atoms with Crippen LogP contribution in [0.3, 0.4) is 0 Å². The molecule has 1 aromatic heterocycles. The summed E-state index contributed by atoms with van der Waals surface area (Å²) in [6, 6.07) is 14.6. The Morgan fingerprint density at radius 2 is 1.91 bits per heavy atom. The minimum absolute atomic E-state index is 0.133. The fourth-order valence-electron chi connectivity index (χ4n) is 1.95. The molecule has 0 aliphatic rings. The normalized spacial score (nSPS) is 10.5. The minimum atomic E-state index is -0.133. The van der Waals surface area contributed by atoms with E-state index in [1.807, 2.05) is 37.3 Å². The lowest BCUT2D eigenvalue weighted by molar-refractivity contribution is 0.108. The number of benzene rings is 2. The van der Waals surface area contributed by atoms with Gasteiger partial charge in [0.25, 0.3) is 5.22 Å². The van der Waals surface area contributed by atoms with E-state index in [2.05, 4.69) is 10.2 Å². The predicted octanol–water partition coefficient (Wildman–Crippen LogP) is 3.99. The van der Waals surface area contributed by atoms with Gasteiger partial charge in [-0.25, -0.2) is 0 Å². The molecular formula is C17H14N2O3S. The zero-order valence-electron chi connectivity index (χ0n) is 12.6.